The zero-order valence-electron chi connectivity index (χ0n) is 21.6. The lowest BCUT2D eigenvalue weighted by Gasteiger charge is -2.34. The Bertz CT molecular complexity index is 803. The largest absolute Gasteiger partial charge is 0.444 e. The number of Topliss-reactive ketones (excluding diaryl/α,β-unsaturated/α-hetero) is 2. The monoisotopic (exact) mass is 490 g/mol. The Morgan fingerprint density at radius 1 is 0.943 bits per heavy atom. The highest BCUT2D eigenvalue weighted by Crippen LogP contribution is 2.24. The highest BCUT2D eigenvalue weighted by molar-refractivity contribution is 5.80. The molecule has 6 atom stereocenters. The van der Waals surface area contributed by atoms with Crippen molar-refractivity contribution in [3.05, 3.63) is 49.6 Å². The van der Waals surface area contributed by atoms with Crippen LogP contribution in [0.3, 0.4) is 0 Å². The lowest BCUT2D eigenvalue weighted by molar-refractivity contribution is -0.124. The maximum atomic E-state index is 11.6. The number of hydrogen-bond acceptors (Lipinski definition) is 7. The SMILES string of the molecule is C=CCN(CC=C)[C@@H]1C=CC(O)C(C(C)=O)C1.CC(=O)C1C[C@H](NC(=O)OC(C)(C)C)C=CC1O. The molecule has 3 N–H and O–H groups in total. The molecular formula is C27H42N2O6. The summed E-state index contributed by atoms with van der Waals surface area (Å²) in [5.74, 6) is -0.788. The summed E-state index contributed by atoms with van der Waals surface area (Å²) in [6, 6.07) is -0.111. The van der Waals surface area contributed by atoms with Gasteiger partial charge in [-0.1, -0.05) is 36.5 Å². The molecular weight excluding hydrogens is 448 g/mol. The number of amides is 1. The molecule has 35 heavy (non-hydrogen) atoms. The minimum atomic E-state index is -0.765. The number of carbonyl (C=O) groups excluding carboxylic acids is 3. The molecule has 0 saturated heterocycles. The average Bonchev–Trinajstić information content (AvgIpc) is 2.74. The predicted octanol–water partition coefficient (Wildman–Crippen LogP) is 2.96. The Kier molecular flexibility index (Phi) is 12.3. The van der Waals surface area contributed by atoms with Crippen LogP contribution in [-0.4, -0.2) is 75.8 Å². The van der Waals surface area contributed by atoms with Crippen molar-refractivity contribution < 1.29 is 29.3 Å². The van der Waals surface area contributed by atoms with Crippen LogP contribution in [0.2, 0.25) is 0 Å². The number of ketones is 2. The molecule has 0 heterocycles. The number of nitrogens with one attached hydrogen (secondary N) is 1. The Labute approximate surface area is 209 Å². The first-order valence-corrected chi connectivity index (χ1v) is 12.0. The molecule has 0 fully saturated rings. The number of aliphatic hydroxyl groups is 2. The number of ether oxygens (including phenoxy) is 1. The van der Waals surface area contributed by atoms with Gasteiger partial charge in [-0.3, -0.25) is 14.5 Å². The van der Waals surface area contributed by atoms with Gasteiger partial charge in [-0.15, -0.1) is 13.2 Å². The third-order valence-electron chi connectivity index (χ3n) is 5.84. The highest BCUT2D eigenvalue weighted by atomic mass is 16.6. The molecule has 2 rings (SSSR count). The summed E-state index contributed by atoms with van der Waals surface area (Å²) in [7, 11) is 0. The summed E-state index contributed by atoms with van der Waals surface area (Å²) in [4.78, 5) is 36.5. The summed E-state index contributed by atoms with van der Waals surface area (Å²) < 4.78 is 5.13. The van der Waals surface area contributed by atoms with Crippen LogP contribution in [0.1, 0.15) is 47.5 Å². The van der Waals surface area contributed by atoms with Gasteiger partial charge in [0.05, 0.1) is 18.2 Å². The Morgan fingerprint density at radius 2 is 1.43 bits per heavy atom. The zero-order valence-corrected chi connectivity index (χ0v) is 21.6. The topological polar surface area (TPSA) is 116 Å². The van der Waals surface area contributed by atoms with Crippen LogP contribution in [0, 0.1) is 11.8 Å². The first-order chi connectivity index (χ1) is 16.3. The Morgan fingerprint density at radius 3 is 1.89 bits per heavy atom. The van der Waals surface area contributed by atoms with Crippen molar-refractivity contribution in [3.8, 4) is 0 Å². The molecule has 0 radical (unpaired) electrons. The maximum Gasteiger partial charge on any atom is 0.408 e. The molecule has 2 aliphatic carbocycles. The first-order valence-electron chi connectivity index (χ1n) is 12.0. The quantitative estimate of drug-likeness (QED) is 0.448. The number of rotatable bonds is 8. The zero-order chi connectivity index (χ0) is 26.8. The van der Waals surface area contributed by atoms with E-state index in [1.165, 1.54) is 19.9 Å². The van der Waals surface area contributed by atoms with Gasteiger partial charge in [0.25, 0.3) is 0 Å². The van der Waals surface area contributed by atoms with Crippen molar-refractivity contribution in [2.24, 2.45) is 11.8 Å². The average molecular weight is 491 g/mol. The van der Waals surface area contributed by atoms with Crippen molar-refractivity contribution in [1.29, 1.82) is 0 Å². The summed E-state index contributed by atoms with van der Waals surface area (Å²) in [6.07, 6.45) is 9.73. The van der Waals surface area contributed by atoms with Crippen LogP contribution >= 0.6 is 0 Å². The van der Waals surface area contributed by atoms with E-state index in [2.05, 4.69) is 23.4 Å². The second-order valence-corrected chi connectivity index (χ2v) is 10.0. The summed E-state index contributed by atoms with van der Waals surface area (Å²) >= 11 is 0. The molecule has 0 aromatic carbocycles. The van der Waals surface area contributed by atoms with Crippen molar-refractivity contribution in [3.63, 3.8) is 0 Å². The maximum absolute atomic E-state index is 11.6. The van der Waals surface area contributed by atoms with Crippen LogP contribution in [0.15, 0.2) is 49.6 Å². The van der Waals surface area contributed by atoms with Crippen molar-refractivity contribution in [2.45, 2.75) is 77.4 Å². The third-order valence-corrected chi connectivity index (χ3v) is 5.84. The number of aliphatic hydroxyl groups excluding tert-OH is 2. The molecule has 2 aliphatic rings. The van der Waals surface area contributed by atoms with E-state index in [1.54, 1.807) is 32.9 Å². The van der Waals surface area contributed by atoms with Crippen LogP contribution < -0.4 is 5.32 Å². The van der Waals surface area contributed by atoms with Crippen molar-refractivity contribution in [1.82, 2.24) is 10.2 Å². The molecule has 196 valence electrons. The molecule has 0 saturated carbocycles. The van der Waals surface area contributed by atoms with Gasteiger partial charge >= 0.3 is 6.09 Å². The molecule has 0 bridgehead atoms. The molecule has 8 nitrogen and oxygen atoms in total. The van der Waals surface area contributed by atoms with Gasteiger partial charge in [0.1, 0.15) is 17.2 Å². The van der Waals surface area contributed by atoms with E-state index in [9.17, 15) is 24.6 Å². The minimum absolute atomic E-state index is 0.0454. The van der Waals surface area contributed by atoms with Crippen LogP contribution in [0.5, 0.6) is 0 Å². The van der Waals surface area contributed by atoms with Gasteiger partial charge in [-0.2, -0.15) is 0 Å². The number of hydrogen-bond donors (Lipinski definition) is 3. The summed E-state index contributed by atoms with van der Waals surface area (Å²) in [5, 5.41) is 22.0. The molecule has 0 aromatic heterocycles. The minimum Gasteiger partial charge on any atom is -0.444 e. The van der Waals surface area contributed by atoms with Crippen LogP contribution in [0.4, 0.5) is 4.79 Å². The van der Waals surface area contributed by atoms with Gasteiger partial charge in [0.2, 0.25) is 0 Å². The number of nitrogens with zero attached hydrogens (tertiary/aromatic N) is 1. The van der Waals surface area contributed by atoms with Gasteiger partial charge < -0.3 is 20.3 Å². The van der Waals surface area contributed by atoms with E-state index in [4.69, 9.17) is 4.74 Å². The normalized spacial score (nSPS) is 27.9. The fourth-order valence-electron chi connectivity index (χ4n) is 4.05. The van der Waals surface area contributed by atoms with E-state index in [0.717, 1.165) is 13.1 Å². The molecule has 8 heteroatoms. The second kappa shape index (κ2) is 14.1. The van der Waals surface area contributed by atoms with E-state index >= 15 is 0 Å². The van der Waals surface area contributed by atoms with Crippen molar-refractivity contribution >= 4 is 17.7 Å². The lowest BCUT2D eigenvalue weighted by Crippen LogP contribution is -2.43. The fourth-order valence-corrected chi connectivity index (χ4v) is 4.05. The van der Waals surface area contributed by atoms with E-state index in [0.29, 0.717) is 12.8 Å². The summed E-state index contributed by atoms with van der Waals surface area (Å²) in [6.45, 7) is 17.3. The van der Waals surface area contributed by atoms with Gasteiger partial charge in [0, 0.05) is 31.0 Å². The number of carbonyl (C=O) groups is 3. The van der Waals surface area contributed by atoms with Crippen LogP contribution in [-0.2, 0) is 14.3 Å². The molecule has 4 unspecified atom stereocenters. The summed E-state index contributed by atoms with van der Waals surface area (Å²) in [5.41, 5.74) is -0.554. The van der Waals surface area contributed by atoms with Crippen molar-refractivity contribution in [2.75, 3.05) is 13.1 Å². The Hall–Kier alpha value is -2.55. The van der Waals surface area contributed by atoms with Gasteiger partial charge in [-0.25, -0.2) is 4.79 Å². The Balaban J connectivity index is 0.000000351. The molecule has 0 aromatic rings. The number of alkyl carbamates (subject to hydrolysis) is 1. The highest BCUT2D eigenvalue weighted by Gasteiger charge is 2.31. The van der Waals surface area contributed by atoms with E-state index < -0.39 is 29.8 Å². The predicted molar refractivity (Wildman–Crippen MR) is 137 cm³/mol. The third kappa shape index (κ3) is 10.7. The van der Waals surface area contributed by atoms with Gasteiger partial charge in [-0.05, 0) is 47.5 Å². The van der Waals surface area contributed by atoms with E-state index in [-0.39, 0.29) is 29.6 Å². The van der Waals surface area contributed by atoms with Crippen LogP contribution in [0.25, 0.3) is 0 Å². The molecule has 1 amide bonds. The standard InChI is InChI=1S/C14H21NO2.C13H21NO4/c1-4-8-15(9-5-2)12-6-7-14(17)13(10-12)11(3)16;1-8(15)10-7-9(5-6-11(10)16)14-12(17)18-13(2,3)4/h4-7,12-14,17H,1-2,8-10H2,3H3;5-6,9-11,16H,7H2,1-4H3,(H,14,17)/t12-,13?,14?;9-,10?,11?/m11/s1. The van der Waals surface area contributed by atoms with Gasteiger partial charge in [0.15, 0.2) is 0 Å². The smallest absolute Gasteiger partial charge is 0.408 e. The fraction of sp³-hybridized carbons (Fsp3) is 0.593. The molecule has 0 aliphatic heterocycles. The molecule has 0 spiro atoms. The lowest BCUT2D eigenvalue weighted by atomic mass is 9.85. The first kappa shape index (κ1) is 30.5. The van der Waals surface area contributed by atoms with E-state index in [1.807, 2.05) is 18.2 Å². The second-order valence-electron chi connectivity index (χ2n) is 10.0.